The van der Waals surface area contributed by atoms with Crippen molar-refractivity contribution in [2.24, 2.45) is 0 Å². The molecule has 0 aliphatic rings. The number of hydrogen-bond acceptors (Lipinski definition) is 4. The molecule has 4 rings (SSSR count). The maximum atomic E-state index is 13.3. The summed E-state index contributed by atoms with van der Waals surface area (Å²) in [5.74, 6) is 0.596. The molecule has 0 fully saturated rings. The summed E-state index contributed by atoms with van der Waals surface area (Å²) in [4.78, 5) is 18.1. The number of nitrogens with zero attached hydrogens (tertiary/aromatic N) is 3. The minimum Gasteiger partial charge on any atom is -0.497 e. The molecule has 0 radical (unpaired) electrons. The molecule has 0 bridgehead atoms. The lowest BCUT2D eigenvalue weighted by atomic mass is 10.0. The van der Waals surface area contributed by atoms with Crippen molar-refractivity contribution in [3.63, 3.8) is 0 Å². The van der Waals surface area contributed by atoms with Crippen molar-refractivity contribution >= 4 is 32.7 Å². The molecule has 0 amide bonds. The van der Waals surface area contributed by atoms with Gasteiger partial charge in [-0.1, -0.05) is 15.9 Å². The highest BCUT2D eigenvalue weighted by atomic mass is 79.9. The Kier molecular flexibility index (Phi) is 4.73. The van der Waals surface area contributed by atoms with Gasteiger partial charge in [0.05, 0.1) is 29.6 Å². The van der Waals surface area contributed by atoms with Crippen molar-refractivity contribution in [3.8, 4) is 17.0 Å². The van der Waals surface area contributed by atoms with Crippen LogP contribution in [-0.4, -0.2) is 27.8 Å². The summed E-state index contributed by atoms with van der Waals surface area (Å²) in [5, 5.41) is 5.14. The van der Waals surface area contributed by atoms with Crippen LogP contribution in [0.1, 0.15) is 21.7 Å². The zero-order valence-corrected chi connectivity index (χ0v) is 17.3. The van der Waals surface area contributed by atoms with Gasteiger partial charge in [-0.05, 0) is 68.4 Å². The molecule has 0 saturated heterocycles. The van der Waals surface area contributed by atoms with E-state index in [-0.39, 0.29) is 5.91 Å². The number of methoxy groups -OCH3 is 1. The van der Waals surface area contributed by atoms with Crippen LogP contribution in [-0.2, 0) is 0 Å². The Hall–Kier alpha value is -2.99. The quantitative estimate of drug-likeness (QED) is 0.445. The minimum absolute atomic E-state index is 0.175. The lowest BCUT2D eigenvalue weighted by molar-refractivity contribution is 0.0944. The fourth-order valence-electron chi connectivity index (χ4n) is 3.23. The Labute approximate surface area is 171 Å². The number of ether oxygens (including phenoxy) is 1. The minimum atomic E-state index is -0.175. The molecule has 0 aliphatic carbocycles. The molecule has 0 spiro atoms. The fourth-order valence-corrected chi connectivity index (χ4v) is 3.59. The van der Waals surface area contributed by atoms with E-state index in [1.165, 1.54) is 4.68 Å². The normalized spacial score (nSPS) is 11.0. The van der Waals surface area contributed by atoms with Gasteiger partial charge in [0, 0.05) is 21.1 Å². The highest BCUT2D eigenvalue weighted by Gasteiger charge is 2.18. The van der Waals surface area contributed by atoms with Gasteiger partial charge in [-0.2, -0.15) is 5.10 Å². The SMILES string of the molecule is COc1ccc(-c2cc(C(=O)n3nc(C)cc3C)c3cc(Br)ccc3n2)cc1. The number of aromatic nitrogens is 3. The first-order chi connectivity index (χ1) is 13.5. The first-order valence-electron chi connectivity index (χ1n) is 8.79. The van der Waals surface area contributed by atoms with Crippen molar-refractivity contribution in [2.75, 3.05) is 7.11 Å². The maximum Gasteiger partial charge on any atom is 0.279 e. The van der Waals surface area contributed by atoms with E-state index in [4.69, 9.17) is 9.72 Å². The third-order valence-corrected chi connectivity index (χ3v) is 5.08. The number of carbonyl (C=O) groups excluding carboxylic acids is 1. The van der Waals surface area contributed by atoms with Crippen LogP contribution < -0.4 is 4.74 Å². The number of pyridine rings is 1. The molecule has 0 N–H and O–H groups in total. The molecule has 140 valence electrons. The first kappa shape index (κ1) is 18.4. The summed E-state index contributed by atoms with van der Waals surface area (Å²) in [5.41, 5.74) is 4.55. The number of hydrogen-bond donors (Lipinski definition) is 0. The van der Waals surface area contributed by atoms with Crippen LogP contribution in [0.2, 0.25) is 0 Å². The average Bonchev–Trinajstić information content (AvgIpc) is 3.04. The number of aryl methyl sites for hydroxylation is 2. The van der Waals surface area contributed by atoms with Crippen molar-refractivity contribution < 1.29 is 9.53 Å². The Balaban J connectivity index is 1.93. The summed E-state index contributed by atoms with van der Waals surface area (Å²) in [6.07, 6.45) is 0. The highest BCUT2D eigenvalue weighted by molar-refractivity contribution is 9.10. The van der Waals surface area contributed by atoms with Crippen LogP contribution in [0.25, 0.3) is 22.2 Å². The molecule has 0 saturated carbocycles. The molecule has 2 aromatic carbocycles. The smallest absolute Gasteiger partial charge is 0.279 e. The van der Waals surface area contributed by atoms with Crippen LogP contribution in [0.3, 0.4) is 0 Å². The van der Waals surface area contributed by atoms with E-state index in [1.807, 2.05) is 68.4 Å². The van der Waals surface area contributed by atoms with Crippen LogP contribution in [0.5, 0.6) is 5.75 Å². The summed E-state index contributed by atoms with van der Waals surface area (Å²) in [7, 11) is 1.63. The number of rotatable bonds is 3. The molecule has 2 heterocycles. The summed E-state index contributed by atoms with van der Waals surface area (Å²) < 4.78 is 7.57. The molecule has 0 unspecified atom stereocenters. The molecule has 4 aromatic rings. The molecule has 28 heavy (non-hydrogen) atoms. The van der Waals surface area contributed by atoms with E-state index in [1.54, 1.807) is 7.11 Å². The maximum absolute atomic E-state index is 13.3. The van der Waals surface area contributed by atoms with Gasteiger partial charge in [0.2, 0.25) is 0 Å². The van der Waals surface area contributed by atoms with Crippen molar-refractivity contribution in [1.29, 1.82) is 0 Å². The zero-order chi connectivity index (χ0) is 19.8. The second-order valence-electron chi connectivity index (χ2n) is 6.59. The van der Waals surface area contributed by atoms with Crippen LogP contribution in [0.15, 0.2) is 59.1 Å². The van der Waals surface area contributed by atoms with Crippen molar-refractivity contribution in [3.05, 3.63) is 76.0 Å². The third kappa shape index (κ3) is 3.31. The van der Waals surface area contributed by atoms with Crippen molar-refractivity contribution in [1.82, 2.24) is 14.8 Å². The standard InChI is InChI=1S/C22H18BrN3O2/c1-13-10-14(2)26(25-13)22(27)19-12-21(15-4-7-17(28-3)8-5-15)24-20-9-6-16(23)11-18(19)20/h4-12H,1-3H3. The van der Waals surface area contributed by atoms with Crippen molar-refractivity contribution in [2.45, 2.75) is 13.8 Å². The molecular formula is C22H18BrN3O2. The van der Waals surface area contributed by atoms with Gasteiger partial charge in [0.25, 0.3) is 5.91 Å². The highest BCUT2D eigenvalue weighted by Crippen LogP contribution is 2.29. The van der Waals surface area contributed by atoms with Gasteiger partial charge < -0.3 is 4.74 Å². The Morgan fingerprint density at radius 3 is 2.43 bits per heavy atom. The molecule has 0 aliphatic heterocycles. The van der Waals surface area contributed by atoms with Gasteiger partial charge in [-0.25, -0.2) is 9.67 Å². The predicted octanol–water partition coefficient (Wildman–Crippen LogP) is 5.17. The average molecular weight is 436 g/mol. The van der Waals surface area contributed by atoms with Crippen LogP contribution in [0.4, 0.5) is 0 Å². The summed E-state index contributed by atoms with van der Waals surface area (Å²) in [6, 6.07) is 17.1. The number of carbonyl (C=O) groups is 1. The van der Waals surface area contributed by atoms with Gasteiger partial charge >= 0.3 is 0 Å². The van der Waals surface area contributed by atoms with Gasteiger partial charge in [-0.15, -0.1) is 0 Å². The molecule has 0 atom stereocenters. The van der Waals surface area contributed by atoms with E-state index >= 15 is 0 Å². The van der Waals surface area contributed by atoms with E-state index in [2.05, 4.69) is 21.0 Å². The Morgan fingerprint density at radius 2 is 1.79 bits per heavy atom. The zero-order valence-electron chi connectivity index (χ0n) is 15.7. The topological polar surface area (TPSA) is 57.0 Å². The van der Waals surface area contributed by atoms with Gasteiger partial charge in [-0.3, -0.25) is 4.79 Å². The lowest BCUT2D eigenvalue weighted by Crippen LogP contribution is -2.16. The molecule has 5 nitrogen and oxygen atoms in total. The van der Waals surface area contributed by atoms with E-state index in [9.17, 15) is 4.79 Å². The number of benzene rings is 2. The lowest BCUT2D eigenvalue weighted by Gasteiger charge is -2.11. The van der Waals surface area contributed by atoms with E-state index in [0.717, 1.165) is 43.8 Å². The van der Waals surface area contributed by atoms with Gasteiger partial charge in [0.15, 0.2) is 0 Å². The van der Waals surface area contributed by atoms with E-state index in [0.29, 0.717) is 5.56 Å². The number of halogens is 1. The van der Waals surface area contributed by atoms with E-state index < -0.39 is 0 Å². The summed E-state index contributed by atoms with van der Waals surface area (Å²) >= 11 is 3.49. The second-order valence-corrected chi connectivity index (χ2v) is 7.50. The molecular weight excluding hydrogens is 418 g/mol. The Bertz CT molecular complexity index is 1200. The Morgan fingerprint density at radius 1 is 1.04 bits per heavy atom. The number of fused-ring (bicyclic) bond motifs is 1. The largest absolute Gasteiger partial charge is 0.497 e. The summed E-state index contributed by atoms with van der Waals surface area (Å²) in [6.45, 7) is 3.75. The van der Waals surface area contributed by atoms with Gasteiger partial charge in [0.1, 0.15) is 5.75 Å². The fraction of sp³-hybridized carbons (Fsp3) is 0.136. The molecule has 2 aromatic heterocycles. The monoisotopic (exact) mass is 435 g/mol. The second kappa shape index (κ2) is 7.20. The third-order valence-electron chi connectivity index (χ3n) is 4.59. The predicted molar refractivity (Wildman–Crippen MR) is 113 cm³/mol. The first-order valence-corrected chi connectivity index (χ1v) is 9.58. The van der Waals surface area contributed by atoms with Crippen LogP contribution >= 0.6 is 15.9 Å². The molecule has 6 heteroatoms. The van der Waals surface area contributed by atoms with Crippen LogP contribution in [0, 0.1) is 13.8 Å².